The lowest BCUT2D eigenvalue weighted by atomic mass is 9.81. The van der Waals surface area contributed by atoms with Gasteiger partial charge in [-0.05, 0) is 78.5 Å². The van der Waals surface area contributed by atoms with E-state index in [1.165, 1.54) is 36.0 Å². The van der Waals surface area contributed by atoms with E-state index in [1.54, 1.807) is 0 Å². The monoisotopic (exact) mass is 228 g/mol. The van der Waals surface area contributed by atoms with E-state index in [-0.39, 0.29) is 0 Å². The SMILES string of the molecule is Cc1cc(O)c(C2CC3CC34CC24C)cc1C. The van der Waals surface area contributed by atoms with Crippen LogP contribution in [0.4, 0.5) is 0 Å². The van der Waals surface area contributed by atoms with E-state index < -0.39 is 0 Å². The van der Waals surface area contributed by atoms with Crippen LogP contribution in [-0.4, -0.2) is 5.11 Å². The van der Waals surface area contributed by atoms with Crippen LogP contribution < -0.4 is 0 Å². The highest BCUT2D eigenvalue weighted by molar-refractivity contribution is 5.48. The Morgan fingerprint density at radius 1 is 1.24 bits per heavy atom. The summed E-state index contributed by atoms with van der Waals surface area (Å²) >= 11 is 0. The van der Waals surface area contributed by atoms with Gasteiger partial charge in [0.2, 0.25) is 0 Å². The first-order valence-corrected chi connectivity index (χ1v) is 6.78. The van der Waals surface area contributed by atoms with Gasteiger partial charge in [0.15, 0.2) is 0 Å². The van der Waals surface area contributed by atoms with Crippen molar-refractivity contribution in [3.8, 4) is 5.75 Å². The van der Waals surface area contributed by atoms with Crippen molar-refractivity contribution in [2.24, 2.45) is 16.7 Å². The smallest absolute Gasteiger partial charge is 0.119 e. The van der Waals surface area contributed by atoms with Gasteiger partial charge in [-0.25, -0.2) is 0 Å². The zero-order valence-electron chi connectivity index (χ0n) is 10.9. The largest absolute Gasteiger partial charge is 0.508 e. The maximum absolute atomic E-state index is 10.2. The molecule has 3 aliphatic carbocycles. The van der Waals surface area contributed by atoms with Crippen molar-refractivity contribution in [2.45, 2.75) is 46.0 Å². The molecule has 0 saturated heterocycles. The van der Waals surface area contributed by atoms with Crippen LogP contribution in [0.3, 0.4) is 0 Å². The summed E-state index contributed by atoms with van der Waals surface area (Å²) in [5.74, 6) is 2.11. The van der Waals surface area contributed by atoms with Gasteiger partial charge in [0.1, 0.15) is 5.75 Å². The van der Waals surface area contributed by atoms with Crippen LogP contribution in [0.2, 0.25) is 0 Å². The highest BCUT2D eigenvalue weighted by atomic mass is 16.3. The van der Waals surface area contributed by atoms with Crippen molar-refractivity contribution >= 4 is 0 Å². The first kappa shape index (κ1) is 9.99. The van der Waals surface area contributed by atoms with Crippen LogP contribution in [0, 0.1) is 30.6 Å². The third-order valence-electron chi connectivity index (χ3n) is 6.23. The van der Waals surface area contributed by atoms with Crippen LogP contribution in [0.1, 0.15) is 48.8 Å². The Kier molecular flexibility index (Phi) is 1.50. The van der Waals surface area contributed by atoms with Crippen LogP contribution >= 0.6 is 0 Å². The second-order valence-electron chi connectivity index (χ2n) is 6.94. The van der Waals surface area contributed by atoms with E-state index in [9.17, 15) is 5.11 Å². The summed E-state index contributed by atoms with van der Waals surface area (Å²) in [5, 5.41) is 10.2. The Bertz CT molecular complexity index is 533. The fraction of sp³-hybridized carbons (Fsp3) is 0.625. The number of benzene rings is 1. The summed E-state index contributed by atoms with van der Waals surface area (Å²) in [6.45, 7) is 6.67. The van der Waals surface area contributed by atoms with Crippen molar-refractivity contribution in [2.75, 3.05) is 0 Å². The maximum atomic E-state index is 10.2. The number of phenols is 1. The first-order chi connectivity index (χ1) is 7.98. The van der Waals surface area contributed by atoms with Gasteiger partial charge >= 0.3 is 0 Å². The molecule has 1 heteroatoms. The van der Waals surface area contributed by atoms with Gasteiger partial charge in [-0.3, -0.25) is 0 Å². The number of rotatable bonds is 1. The molecule has 3 fully saturated rings. The predicted molar refractivity (Wildman–Crippen MR) is 68.2 cm³/mol. The van der Waals surface area contributed by atoms with E-state index >= 15 is 0 Å². The average Bonchev–Trinajstić information content (AvgIpc) is 3.08. The molecular weight excluding hydrogens is 208 g/mol. The predicted octanol–water partition coefficient (Wildman–Crippen LogP) is 3.91. The third-order valence-corrected chi connectivity index (χ3v) is 6.23. The van der Waals surface area contributed by atoms with Crippen LogP contribution in [-0.2, 0) is 0 Å². The van der Waals surface area contributed by atoms with Gasteiger partial charge in [-0.2, -0.15) is 0 Å². The van der Waals surface area contributed by atoms with E-state index in [2.05, 4.69) is 26.8 Å². The molecule has 4 atom stereocenters. The van der Waals surface area contributed by atoms with Crippen molar-refractivity contribution in [1.29, 1.82) is 0 Å². The summed E-state index contributed by atoms with van der Waals surface area (Å²) in [7, 11) is 0. The minimum absolute atomic E-state index is 0.511. The lowest BCUT2D eigenvalue weighted by Gasteiger charge is -2.23. The number of aromatic hydroxyl groups is 1. The molecule has 0 aromatic heterocycles. The molecule has 1 spiro atoms. The van der Waals surface area contributed by atoms with Crippen molar-refractivity contribution < 1.29 is 5.11 Å². The first-order valence-electron chi connectivity index (χ1n) is 6.78. The quantitative estimate of drug-likeness (QED) is 0.772. The summed E-state index contributed by atoms with van der Waals surface area (Å²) in [5.41, 5.74) is 4.96. The third kappa shape index (κ3) is 0.978. The number of aryl methyl sites for hydroxylation is 2. The van der Waals surface area contributed by atoms with Crippen LogP contribution in [0.5, 0.6) is 5.75 Å². The minimum Gasteiger partial charge on any atom is -0.508 e. The fourth-order valence-corrected chi connectivity index (χ4v) is 4.80. The van der Waals surface area contributed by atoms with Gasteiger partial charge in [0, 0.05) is 0 Å². The Labute approximate surface area is 103 Å². The van der Waals surface area contributed by atoms with E-state index in [0.717, 1.165) is 5.92 Å². The molecule has 1 aromatic carbocycles. The summed E-state index contributed by atoms with van der Waals surface area (Å²) < 4.78 is 0. The van der Waals surface area contributed by atoms with Crippen molar-refractivity contribution in [1.82, 2.24) is 0 Å². The summed E-state index contributed by atoms with van der Waals surface area (Å²) in [6, 6.07) is 4.18. The minimum atomic E-state index is 0.511. The van der Waals surface area contributed by atoms with Gasteiger partial charge in [0.05, 0.1) is 0 Å². The van der Waals surface area contributed by atoms with Crippen LogP contribution in [0.25, 0.3) is 0 Å². The Morgan fingerprint density at radius 3 is 2.53 bits per heavy atom. The molecule has 1 aromatic rings. The molecular formula is C16H20O. The molecule has 0 heterocycles. The van der Waals surface area contributed by atoms with Gasteiger partial charge in [-0.1, -0.05) is 13.0 Å². The lowest BCUT2D eigenvalue weighted by molar-refractivity contribution is 0.396. The molecule has 1 nitrogen and oxygen atoms in total. The van der Waals surface area contributed by atoms with Gasteiger partial charge < -0.3 is 5.11 Å². The molecule has 0 amide bonds. The Morgan fingerprint density at radius 2 is 1.94 bits per heavy atom. The number of hydrogen-bond acceptors (Lipinski definition) is 1. The fourth-order valence-electron chi connectivity index (χ4n) is 4.80. The second kappa shape index (κ2) is 2.55. The molecule has 0 bridgehead atoms. The van der Waals surface area contributed by atoms with Crippen molar-refractivity contribution in [3.63, 3.8) is 0 Å². The Hall–Kier alpha value is -0.980. The number of phenolic OH excluding ortho intramolecular Hbond substituents is 1. The molecule has 17 heavy (non-hydrogen) atoms. The lowest BCUT2D eigenvalue weighted by Crippen LogP contribution is -2.10. The van der Waals surface area contributed by atoms with Crippen LogP contribution in [0.15, 0.2) is 12.1 Å². The summed E-state index contributed by atoms with van der Waals surface area (Å²) in [6.07, 6.45) is 4.18. The molecule has 3 aliphatic rings. The average molecular weight is 228 g/mol. The highest BCUT2D eigenvalue weighted by Crippen LogP contribution is 2.92. The van der Waals surface area contributed by atoms with E-state index in [4.69, 9.17) is 0 Å². The van der Waals surface area contributed by atoms with E-state index in [0.29, 0.717) is 22.5 Å². The molecule has 4 unspecified atom stereocenters. The molecule has 3 saturated carbocycles. The van der Waals surface area contributed by atoms with Gasteiger partial charge in [-0.15, -0.1) is 0 Å². The maximum Gasteiger partial charge on any atom is 0.119 e. The molecule has 90 valence electrons. The molecule has 4 rings (SSSR count). The zero-order valence-corrected chi connectivity index (χ0v) is 10.9. The zero-order chi connectivity index (χ0) is 12.0. The second-order valence-corrected chi connectivity index (χ2v) is 6.94. The van der Waals surface area contributed by atoms with Crippen molar-refractivity contribution in [3.05, 3.63) is 28.8 Å². The summed E-state index contributed by atoms with van der Waals surface area (Å²) in [4.78, 5) is 0. The molecule has 1 N–H and O–H groups in total. The normalized spacial score (nSPS) is 45.4. The standard InChI is InChI=1S/C16H20O/c1-9-4-12(14(17)5-10(9)2)13-6-11-7-16(11)8-15(13,16)3/h4-5,11,13,17H,6-8H2,1-3H3. The molecule has 0 radical (unpaired) electrons. The van der Waals surface area contributed by atoms with E-state index in [1.807, 2.05) is 6.07 Å². The van der Waals surface area contributed by atoms with Gasteiger partial charge in [0.25, 0.3) is 0 Å². The number of hydrogen-bond donors (Lipinski definition) is 1. The Balaban J connectivity index is 1.79. The topological polar surface area (TPSA) is 20.2 Å². The molecule has 0 aliphatic heterocycles. The highest BCUT2D eigenvalue weighted by Gasteiger charge is 2.83.